The molecule has 0 unspecified atom stereocenters. The van der Waals surface area contributed by atoms with Gasteiger partial charge >= 0.3 is 0 Å². The fourth-order valence-electron chi connectivity index (χ4n) is 5.90. The summed E-state index contributed by atoms with van der Waals surface area (Å²) in [4.78, 5) is 3.87. The first-order chi connectivity index (χ1) is 27.5. The molecule has 0 saturated carbocycles. The van der Waals surface area contributed by atoms with Gasteiger partial charge in [-0.05, 0) is 6.92 Å². The van der Waals surface area contributed by atoms with Crippen LogP contribution in [0.25, 0.3) is 0 Å². The molecule has 0 N–H and O–H groups in total. The summed E-state index contributed by atoms with van der Waals surface area (Å²) in [5.74, 6) is -71.4. The van der Waals surface area contributed by atoms with Gasteiger partial charge in [0.05, 0.1) is 12.4 Å². The second kappa shape index (κ2) is 16.7. The molecular weight excluding hydrogens is 855 g/mol. The number of allylic oxidation sites excluding steroid dienone is 2. The van der Waals surface area contributed by atoms with Crippen molar-refractivity contribution in [1.29, 1.82) is 10.5 Å². The third-order valence-corrected chi connectivity index (χ3v) is 8.47. The number of aromatic nitrogens is 2. The molecule has 0 aliphatic rings. The summed E-state index contributed by atoms with van der Waals surface area (Å²) < 4.78 is 296. The van der Waals surface area contributed by atoms with Crippen LogP contribution >= 0.6 is 0 Å². The van der Waals surface area contributed by atoms with Crippen LogP contribution in [0.5, 0.6) is 0 Å². The number of nitriles is 2. The van der Waals surface area contributed by atoms with Crippen LogP contribution in [0.2, 0.25) is 0 Å². The van der Waals surface area contributed by atoms with Gasteiger partial charge in [-0.1, -0.05) is 0 Å². The lowest BCUT2D eigenvalue weighted by atomic mass is 9.12. The van der Waals surface area contributed by atoms with Crippen molar-refractivity contribution in [3.05, 3.63) is 152 Å². The average Bonchev–Trinajstić information content (AvgIpc) is 3.21. The summed E-state index contributed by atoms with van der Waals surface area (Å²) in [6, 6.07) is 3.72. The number of halogens is 20. The molecular formula is C34H9BF20N4. The van der Waals surface area contributed by atoms with Crippen LogP contribution in [0.15, 0.2) is 35.9 Å². The zero-order valence-electron chi connectivity index (χ0n) is 27.9. The molecule has 0 radical (unpaired) electrons. The fourth-order valence-corrected chi connectivity index (χ4v) is 5.90. The minimum Gasteiger partial charge on any atom is -0.252 e. The molecule has 0 bridgehead atoms. The van der Waals surface area contributed by atoms with E-state index in [1.54, 1.807) is 31.7 Å². The van der Waals surface area contributed by atoms with Crippen molar-refractivity contribution >= 4 is 28.0 Å². The van der Waals surface area contributed by atoms with Crippen molar-refractivity contribution in [2.24, 2.45) is 0 Å². The van der Waals surface area contributed by atoms with Crippen molar-refractivity contribution in [1.82, 2.24) is 4.98 Å². The summed E-state index contributed by atoms with van der Waals surface area (Å²) in [5.41, 5.74) is -13.4. The lowest BCUT2D eigenvalue weighted by Crippen LogP contribution is -2.81. The maximum Gasteiger partial charge on any atom is 0.200 e. The van der Waals surface area contributed by atoms with E-state index in [0.29, 0.717) is 6.54 Å². The second-order valence-electron chi connectivity index (χ2n) is 11.6. The number of hydrogen-bond donors (Lipinski definition) is 0. The number of benzene rings is 4. The van der Waals surface area contributed by atoms with Crippen LogP contribution in [-0.2, 0) is 6.54 Å². The second-order valence-corrected chi connectivity index (χ2v) is 11.6. The molecule has 0 spiro atoms. The third kappa shape index (κ3) is 7.03. The van der Waals surface area contributed by atoms with E-state index in [1.807, 2.05) is 16.7 Å². The Labute approximate surface area is 314 Å². The van der Waals surface area contributed by atoms with Crippen molar-refractivity contribution < 1.29 is 92.4 Å². The van der Waals surface area contributed by atoms with E-state index < -0.39 is 144 Å². The van der Waals surface area contributed by atoms with Crippen molar-refractivity contribution in [3.8, 4) is 12.1 Å². The third-order valence-electron chi connectivity index (χ3n) is 8.47. The smallest absolute Gasteiger partial charge is 0.200 e. The largest absolute Gasteiger partial charge is 0.252 e. The summed E-state index contributed by atoms with van der Waals surface area (Å²) in [6.45, 7) is 2.31. The normalized spacial score (nSPS) is 11.2. The molecule has 0 amide bonds. The van der Waals surface area contributed by atoms with Crippen molar-refractivity contribution in [3.63, 3.8) is 0 Å². The lowest BCUT2D eigenvalue weighted by molar-refractivity contribution is -0.689. The highest BCUT2D eigenvalue weighted by Crippen LogP contribution is 2.30. The van der Waals surface area contributed by atoms with Gasteiger partial charge in [-0.25, -0.2) is 87.8 Å². The molecule has 5 rings (SSSR count). The first-order valence-corrected chi connectivity index (χ1v) is 15.0. The Morgan fingerprint density at radius 1 is 0.424 bits per heavy atom. The highest BCUT2D eigenvalue weighted by molar-refractivity contribution is 7.20. The lowest BCUT2D eigenvalue weighted by Gasteiger charge is -2.44. The predicted octanol–water partition coefficient (Wildman–Crippen LogP) is 6.58. The zero-order valence-corrected chi connectivity index (χ0v) is 27.9. The topological polar surface area (TPSA) is 64.3 Å². The van der Waals surface area contributed by atoms with Gasteiger partial charge in [0.2, 0.25) is 0 Å². The first kappa shape index (κ1) is 45.1. The van der Waals surface area contributed by atoms with E-state index in [0.717, 1.165) is 5.57 Å². The molecule has 4 aromatic carbocycles. The van der Waals surface area contributed by atoms with Crippen LogP contribution in [0.1, 0.15) is 6.92 Å². The van der Waals surface area contributed by atoms with Gasteiger partial charge in [-0.3, -0.25) is 4.98 Å². The molecule has 59 heavy (non-hydrogen) atoms. The Bertz CT molecular complexity index is 2280. The van der Waals surface area contributed by atoms with Crippen LogP contribution in [0, 0.1) is 139 Å². The molecule has 25 heteroatoms. The Balaban J connectivity index is 0.000000464. The van der Waals surface area contributed by atoms with Crippen molar-refractivity contribution in [2.45, 2.75) is 13.5 Å². The minimum atomic E-state index is -7.22. The Morgan fingerprint density at radius 3 is 0.831 bits per heavy atom. The minimum absolute atomic E-state index is 0.175. The average molecular weight is 864 g/mol. The van der Waals surface area contributed by atoms with Crippen LogP contribution < -0.4 is 26.4 Å². The van der Waals surface area contributed by atoms with Crippen LogP contribution in [-0.4, -0.2) is 11.1 Å². The predicted molar refractivity (Wildman–Crippen MR) is 158 cm³/mol. The highest BCUT2D eigenvalue weighted by atomic mass is 19.2. The van der Waals surface area contributed by atoms with E-state index in [4.69, 9.17) is 10.5 Å². The quantitative estimate of drug-likeness (QED) is 0.0485. The number of rotatable bonds is 6. The molecule has 4 nitrogen and oxygen atoms in total. The zero-order chi connectivity index (χ0) is 44.7. The molecule has 1 heterocycles. The number of hydrogen-bond acceptors (Lipinski definition) is 3. The molecule has 308 valence electrons. The van der Waals surface area contributed by atoms with Gasteiger partial charge < -0.3 is 0 Å². The molecule has 0 fully saturated rings. The SMILES string of the molecule is CC(C[n+]1ccncc1)=C(C#N)C#N.Fc1c(F)c(F)c([B-](c2c(F)c(F)c(F)c(F)c2F)(c2c(F)c(F)c(F)c(F)c2F)c2c(F)c(F)c(F)c(F)c2F)c(F)c1F. The van der Waals surface area contributed by atoms with E-state index in [-0.39, 0.29) is 5.57 Å². The molecule has 0 aliphatic heterocycles. The van der Waals surface area contributed by atoms with E-state index in [1.165, 1.54) is 0 Å². The van der Waals surface area contributed by atoms with Gasteiger partial charge in [0.15, 0.2) is 88.7 Å². The van der Waals surface area contributed by atoms with E-state index in [9.17, 15) is 52.7 Å². The van der Waals surface area contributed by atoms with E-state index >= 15 is 35.1 Å². The van der Waals surface area contributed by atoms with Crippen LogP contribution in [0.3, 0.4) is 0 Å². The standard InChI is InChI=1S/C24BF20.C10H9N4/c26-5-1(6(27)14(35)21(42)13(5)34)25(2-7(28)15(36)22(43)16(37)8(2)29,3-9(30)17(38)23(44)18(39)10(3)31)4-11(32)19(40)24(45)20(41)12(4)33;1-9(10(6-11)7-12)8-14-4-2-13-3-5-14/h;2-5H,8H2,1H3/q-1;+1. The molecule has 1 aromatic heterocycles. The van der Waals surface area contributed by atoms with Gasteiger partial charge in [0, 0.05) is 5.57 Å². The fraction of sp³-hybridized carbons (Fsp3) is 0.0588. The Hall–Kier alpha value is -6.66. The molecule has 0 aliphatic carbocycles. The summed E-state index contributed by atoms with van der Waals surface area (Å²) in [5, 5.41) is 17.2. The summed E-state index contributed by atoms with van der Waals surface area (Å²) in [7, 11) is 0. The maximum absolute atomic E-state index is 15.4. The molecule has 5 aromatic rings. The maximum atomic E-state index is 15.4. The summed E-state index contributed by atoms with van der Waals surface area (Å²) >= 11 is 0. The monoisotopic (exact) mass is 864 g/mol. The molecule has 0 atom stereocenters. The number of nitrogens with zero attached hydrogens (tertiary/aromatic N) is 4. The van der Waals surface area contributed by atoms with Gasteiger partial charge in [-0.2, -0.15) is 15.1 Å². The highest BCUT2D eigenvalue weighted by Gasteiger charge is 2.52. The van der Waals surface area contributed by atoms with Gasteiger partial charge in [-0.15, -0.1) is 21.9 Å². The first-order valence-electron chi connectivity index (χ1n) is 15.0. The van der Waals surface area contributed by atoms with E-state index in [2.05, 4.69) is 4.98 Å². The van der Waals surface area contributed by atoms with Crippen molar-refractivity contribution in [2.75, 3.05) is 0 Å². The van der Waals surface area contributed by atoms with Gasteiger partial charge in [0.1, 0.15) is 70.4 Å². The molecule has 0 saturated heterocycles. The Kier molecular flexibility index (Phi) is 12.7. The van der Waals surface area contributed by atoms with Gasteiger partial charge in [0.25, 0.3) is 0 Å². The summed E-state index contributed by atoms with van der Waals surface area (Å²) in [6.07, 6.45) is -0.325. The Morgan fingerprint density at radius 2 is 0.627 bits per heavy atom. The van der Waals surface area contributed by atoms with Crippen LogP contribution in [0.4, 0.5) is 87.8 Å².